The molecule has 0 unspecified atom stereocenters. The van der Waals surface area contributed by atoms with Crippen LogP contribution in [0, 0.1) is 0 Å². The van der Waals surface area contributed by atoms with E-state index in [1.807, 2.05) is 22.7 Å². The lowest BCUT2D eigenvalue weighted by Crippen LogP contribution is -1.84. The topological polar surface area (TPSA) is 0 Å². The Morgan fingerprint density at radius 1 is 0.571 bits per heavy atom. The summed E-state index contributed by atoms with van der Waals surface area (Å²) in [6.07, 6.45) is 16.6. The van der Waals surface area contributed by atoms with Crippen molar-refractivity contribution in [2.45, 2.75) is 101 Å². The van der Waals surface area contributed by atoms with Gasteiger partial charge in [0.2, 0.25) is 0 Å². The van der Waals surface area contributed by atoms with Crippen LogP contribution in [0.15, 0.2) is 32.7 Å². The van der Waals surface area contributed by atoms with Crippen molar-refractivity contribution >= 4 is 46.2 Å². The van der Waals surface area contributed by atoms with E-state index in [2.05, 4.69) is 60.3 Å². The molecular weight excluding hydrogens is 417 g/mol. The Morgan fingerprint density at radius 2 is 0.964 bits per heavy atom. The molecule has 28 heavy (non-hydrogen) atoms. The lowest BCUT2D eigenvalue weighted by Gasteiger charge is -2.06. The van der Waals surface area contributed by atoms with Crippen LogP contribution in [-0.2, 0) is 0 Å². The molecule has 4 heteroatoms. The minimum Gasteiger partial charge on any atom is -0.142 e. The second-order valence-electron chi connectivity index (χ2n) is 7.46. The molecule has 0 N–H and O–H groups in total. The van der Waals surface area contributed by atoms with Crippen LogP contribution in [0.3, 0.4) is 0 Å². The Morgan fingerprint density at radius 3 is 1.39 bits per heavy atom. The third-order valence-corrected chi connectivity index (χ3v) is 9.51. The second-order valence-corrected chi connectivity index (χ2v) is 11.6. The molecule has 0 aliphatic carbocycles. The maximum absolute atomic E-state index is 2.34. The lowest BCUT2D eigenvalue weighted by molar-refractivity contribution is 0.627. The van der Waals surface area contributed by atoms with Crippen LogP contribution < -0.4 is 0 Å². The molecule has 0 saturated heterocycles. The minimum absolute atomic E-state index is 1.27. The third-order valence-electron chi connectivity index (χ3n) is 4.98. The highest BCUT2D eigenvalue weighted by molar-refractivity contribution is 8.00. The molecule has 0 atom stereocenters. The summed E-state index contributed by atoms with van der Waals surface area (Å²) in [5, 5.41) is 4.56. The minimum atomic E-state index is 1.27. The maximum atomic E-state index is 2.34. The van der Waals surface area contributed by atoms with Crippen LogP contribution in [-0.4, -0.2) is 11.5 Å². The summed E-state index contributed by atoms with van der Waals surface area (Å²) in [5.74, 6) is 2.53. The molecule has 0 nitrogen and oxygen atoms in total. The average Bonchev–Trinajstić information content (AvgIpc) is 3.35. The van der Waals surface area contributed by atoms with Gasteiger partial charge in [-0.25, -0.2) is 0 Å². The largest absolute Gasteiger partial charge is 0.142 e. The van der Waals surface area contributed by atoms with E-state index in [-0.39, 0.29) is 0 Å². The fourth-order valence-corrected chi connectivity index (χ4v) is 7.93. The molecule has 2 heterocycles. The molecule has 0 spiro atoms. The van der Waals surface area contributed by atoms with Crippen LogP contribution >= 0.6 is 46.2 Å². The van der Waals surface area contributed by atoms with Gasteiger partial charge in [0, 0.05) is 9.79 Å². The van der Waals surface area contributed by atoms with Crippen molar-refractivity contribution in [3.63, 3.8) is 0 Å². The monoisotopic (exact) mass is 454 g/mol. The third kappa shape index (κ3) is 9.28. The highest BCUT2D eigenvalue weighted by Crippen LogP contribution is 2.44. The molecule has 0 aliphatic heterocycles. The number of rotatable bonds is 17. The van der Waals surface area contributed by atoms with Crippen LogP contribution in [0.5, 0.6) is 0 Å². The Labute approximate surface area is 190 Å². The Hall–Kier alpha value is 0.1000. The lowest BCUT2D eigenvalue weighted by atomic mass is 10.1. The van der Waals surface area contributed by atoms with E-state index in [0.717, 1.165) is 0 Å². The van der Waals surface area contributed by atoms with E-state index in [1.165, 1.54) is 108 Å². The quantitative estimate of drug-likeness (QED) is 0.172. The first kappa shape index (κ1) is 24.4. The molecule has 0 saturated carbocycles. The average molecular weight is 455 g/mol. The van der Waals surface area contributed by atoms with Crippen LogP contribution in [0.4, 0.5) is 0 Å². The molecule has 0 fully saturated rings. The van der Waals surface area contributed by atoms with Crippen molar-refractivity contribution in [1.82, 2.24) is 0 Å². The molecule has 0 amide bonds. The number of thioether (sulfide) groups is 2. The molecule has 158 valence electrons. The smallest absolute Gasteiger partial charge is 0.0589 e. The fourth-order valence-electron chi connectivity index (χ4n) is 3.28. The van der Waals surface area contributed by atoms with E-state index in [1.54, 1.807) is 0 Å². The van der Waals surface area contributed by atoms with Gasteiger partial charge >= 0.3 is 0 Å². The molecule has 2 aromatic heterocycles. The zero-order chi connectivity index (χ0) is 19.9. The van der Waals surface area contributed by atoms with Gasteiger partial charge in [-0.05, 0) is 47.2 Å². The van der Waals surface area contributed by atoms with Gasteiger partial charge in [0.05, 0.1) is 9.75 Å². The number of hydrogen-bond donors (Lipinski definition) is 0. The van der Waals surface area contributed by atoms with Crippen LogP contribution in [0.25, 0.3) is 9.75 Å². The first-order chi connectivity index (χ1) is 13.9. The zero-order valence-electron chi connectivity index (χ0n) is 17.8. The van der Waals surface area contributed by atoms with Gasteiger partial charge in [-0.2, -0.15) is 0 Å². The highest BCUT2D eigenvalue weighted by Gasteiger charge is 2.13. The Kier molecular flexibility index (Phi) is 13.8. The molecule has 0 radical (unpaired) electrons. The predicted molar refractivity (Wildman–Crippen MR) is 136 cm³/mol. The Balaban J connectivity index is 1.74. The number of hydrogen-bond acceptors (Lipinski definition) is 4. The zero-order valence-corrected chi connectivity index (χ0v) is 21.1. The van der Waals surface area contributed by atoms with E-state index in [4.69, 9.17) is 0 Å². The summed E-state index contributed by atoms with van der Waals surface area (Å²) in [4.78, 5) is 6.03. The van der Waals surface area contributed by atoms with Crippen LogP contribution in [0.2, 0.25) is 0 Å². The number of thiophene rings is 2. The SMILES string of the molecule is CCCCCCCCSc1ccsc1-c1sccc1SCCCCCCCC. The molecular formula is C24H38S4. The van der Waals surface area contributed by atoms with Crippen molar-refractivity contribution in [1.29, 1.82) is 0 Å². The van der Waals surface area contributed by atoms with E-state index >= 15 is 0 Å². The van der Waals surface area contributed by atoms with Gasteiger partial charge in [0.1, 0.15) is 0 Å². The van der Waals surface area contributed by atoms with Crippen molar-refractivity contribution in [3.05, 3.63) is 22.9 Å². The van der Waals surface area contributed by atoms with Gasteiger partial charge in [0.25, 0.3) is 0 Å². The fraction of sp³-hybridized carbons (Fsp3) is 0.667. The normalized spacial score (nSPS) is 11.4. The van der Waals surface area contributed by atoms with Gasteiger partial charge in [-0.3, -0.25) is 0 Å². The summed E-state index contributed by atoms with van der Waals surface area (Å²) in [6, 6.07) is 4.67. The summed E-state index contributed by atoms with van der Waals surface area (Å²) >= 11 is 7.99. The van der Waals surface area contributed by atoms with Crippen LogP contribution in [0.1, 0.15) is 90.9 Å². The molecule has 0 aromatic carbocycles. The Bertz CT molecular complexity index is 559. The van der Waals surface area contributed by atoms with Gasteiger partial charge in [-0.15, -0.1) is 46.2 Å². The molecule has 0 aliphatic rings. The predicted octanol–water partition coefficient (Wildman–Crippen LogP) is 10.4. The number of unbranched alkanes of at least 4 members (excludes halogenated alkanes) is 10. The van der Waals surface area contributed by atoms with E-state index < -0.39 is 0 Å². The van der Waals surface area contributed by atoms with Crippen molar-refractivity contribution in [3.8, 4) is 9.75 Å². The van der Waals surface area contributed by atoms with E-state index in [9.17, 15) is 0 Å². The first-order valence-corrected chi connectivity index (χ1v) is 15.0. The van der Waals surface area contributed by atoms with Gasteiger partial charge < -0.3 is 0 Å². The summed E-state index contributed by atoms with van der Waals surface area (Å²) in [6.45, 7) is 4.58. The summed E-state index contributed by atoms with van der Waals surface area (Å²) in [7, 11) is 0. The van der Waals surface area contributed by atoms with Gasteiger partial charge in [0.15, 0.2) is 0 Å². The maximum Gasteiger partial charge on any atom is 0.0589 e. The first-order valence-electron chi connectivity index (χ1n) is 11.3. The summed E-state index contributed by atoms with van der Waals surface area (Å²) < 4.78 is 0. The summed E-state index contributed by atoms with van der Waals surface area (Å²) in [5.41, 5.74) is 0. The standard InChI is InChI=1S/C24H38S4/c1-3-5-7-9-11-13-17-25-21-15-19-27-23(21)24-22(16-20-28-24)26-18-14-12-10-8-6-4-2/h15-16,19-20H,3-14,17-18H2,1-2H3. The van der Waals surface area contributed by atoms with Crippen molar-refractivity contribution < 1.29 is 0 Å². The van der Waals surface area contributed by atoms with E-state index in [0.29, 0.717) is 0 Å². The highest BCUT2D eigenvalue weighted by atomic mass is 32.2. The van der Waals surface area contributed by atoms with Gasteiger partial charge in [-0.1, -0.05) is 78.1 Å². The molecule has 2 rings (SSSR count). The molecule has 2 aromatic rings. The van der Waals surface area contributed by atoms with Crippen molar-refractivity contribution in [2.24, 2.45) is 0 Å². The molecule has 0 bridgehead atoms. The van der Waals surface area contributed by atoms with Crippen molar-refractivity contribution in [2.75, 3.05) is 11.5 Å². The second kappa shape index (κ2) is 15.9.